The van der Waals surface area contributed by atoms with Gasteiger partial charge in [0.05, 0.1) is 23.9 Å². The lowest BCUT2D eigenvalue weighted by Gasteiger charge is -2.20. The van der Waals surface area contributed by atoms with E-state index in [0.29, 0.717) is 6.20 Å². The van der Waals surface area contributed by atoms with Crippen molar-refractivity contribution < 1.29 is 24.2 Å². The first kappa shape index (κ1) is 17.4. The van der Waals surface area contributed by atoms with Crippen LogP contribution in [0.25, 0.3) is 0 Å². The first-order valence-corrected chi connectivity index (χ1v) is 8.04. The summed E-state index contributed by atoms with van der Waals surface area (Å²) in [6.07, 6.45) is 0.706. The molecule has 1 aromatic heterocycles. The standard InChI is InChI=1S/C19H11FN2O6/c20-11-7-22(19(28)21-18(11)27)6-8-4-10-15(13(24)5-8)17(26)14-9(16(10)25)2-1-3-12(14)23/h1-5,7,23-24H,6H2,(H,21,27,28). The van der Waals surface area contributed by atoms with E-state index in [2.05, 4.69) is 0 Å². The fraction of sp³-hybridized carbons (Fsp3) is 0.0526. The van der Waals surface area contributed by atoms with Crippen LogP contribution in [0.5, 0.6) is 11.5 Å². The van der Waals surface area contributed by atoms with Gasteiger partial charge in [0.2, 0.25) is 11.6 Å². The van der Waals surface area contributed by atoms with E-state index < -0.39 is 34.4 Å². The summed E-state index contributed by atoms with van der Waals surface area (Å²) in [6.45, 7) is -0.262. The van der Waals surface area contributed by atoms with Crippen LogP contribution in [0.1, 0.15) is 37.4 Å². The molecule has 0 atom stereocenters. The Morgan fingerprint density at radius 3 is 2.39 bits per heavy atom. The maximum Gasteiger partial charge on any atom is 0.328 e. The van der Waals surface area contributed by atoms with E-state index in [1.165, 1.54) is 24.3 Å². The van der Waals surface area contributed by atoms with Gasteiger partial charge < -0.3 is 10.2 Å². The van der Waals surface area contributed by atoms with Gasteiger partial charge >= 0.3 is 5.69 Å². The quantitative estimate of drug-likeness (QED) is 0.473. The van der Waals surface area contributed by atoms with Crippen molar-refractivity contribution in [2.24, 2.45) is 0 Å². The number of nitrogens with one attached hydrogen (secondary N) is 1. The number of phenols is 2. The SMILES string of the molecule is O=C1c2cccc(O)c2C(=O)c2c(O)cc(Cn3cc(F)c(=O)[nH]c3=O)cc21. The van der Waals surface area contributed by atoms with Gasteiger partial charge in [0.25, 0.3) is 5.56 Å². The minimum absolute atomic E-state index is 0.0127. The molecule has 0 radical (unpaired) electrons. The number of phenolic OH excluding ortho intramolecular Hbond substituents is 2. The van der Waals surface area contributed by atoms with Crippen molar-refractivity contribution in [1.82, 2.24) is 9.55 Å². The largest absolute Gasteiger partial charge is 0.507 e. The highest BCUT2D eigenvalue weighted by Crippen LogP contribution is 2.37. The van der Waals surface area contributed by atoms with E-state index in [4.69, 9.17) is 0 Å². The first-order chi connectivity index (χ1) is 13.3. The molecule has 0 amide bonds. The maximum atomic E-state index is 13.5. The average Bonchev–Trinajstić information content (AvgIpc) is 2.63. The number of aromatic hydroxyl groups is 2. The molecule has 0 bridgehead atoms. The molecule has 0 saturated carbocycles. The number of nitrogens with zero attached hydrogens (tertiary/aromatic N) is 1. The number of halogens is 1. The molecule has 3 N–H and O–H groups in total. The number of carbonyl (C=O) groups is 2. The van der Waals surface area contributed by atoms with Gasteiger partial charge in [0.1, 0.15) is 11.5 Å². The molecule has 28 heavy (non-hydrogen) atoms. The van der Waals surface area contributed by atoms with Gasteiger partial charge in [0.15, 0.2) is 5.78 Å². The number of H-pyrrole nitrogens is 1. The van der Waals surface area contributed by atoms with Crippen LogP contribution in [0, 0.1) is 5.82 Å². The normalized spacial score (nSPS) is 12.6. The Bertz CT molecular complexity index is 1300. The number of aromatic nitrogens is 2. The van der Waals surface area contributed by atoms with Crippen molar-refractivity contribution in [3.8, 4) is 11.5 Å². The fourth-order valence-electron chi connectivity index (χ4n) is 3.23. The van der Waals surface area contributed by atoms with Crippen molar-refractivity contribution in [3.63, 3.8) is 0 Å². The van der Waals surface area contributed by atoms with Crippen molar-refractivity contribution in [1.29, 1.82) is 0 Å². The highest BCUT2D eigenvalue weighted by atomic mass is 19.1. The number of ketones is 2. The molecule has 4 rings (SSSR count). The van der Waals surface area contributed by atoms with Crippen LogP contribution in [0.3, 0.4) is 0 Å². The Balaban J connectivity index is 1.85. The van der Waals surface area contributed by atoms with Gasteiger partial charge in [-0.05, 0) is 23.8 Å². The molecular formula is C19H11FN2O6. The molecule has 1 aliphatic rings. The maximum absolute atomic E-state index is 13.5. The number of benzene rings is 2. The zero-order valence-electron chi connectivity index (χ0n) is 14.0. The Hall–Kier alpha value is -4.01. The summed E-state index contributed by atoms with van der Waals surface area (Å²) >= 11 is 0. The van der Waals surface area contributed by atoms with Gasteiger partial charge in [-0.25, -0.2) is 4.79 Å². The summed E-state index contributed by atoms with van der Waals surface area (Å²) < 4.78 is 14.3. The van der Waals surface area contributed by atoms with Gasteiger partial charge in [-0.2, -0.15) is 4.39 Å². The molecule has 0 spiro atoms. The Morgan fingerprint density at radius 2 is 1.64 bits per heavy atom. The monoisotopic (exact) mass is 382 g/mol. The highest BCUT2D eigenvalue weighted by molar-refractivity contribution is 6.30. The number of aromatic amines is 1. The molecule has 2 aromatic carbocycles. The van der Waals surface area contributed by atoms with Gasteiger partial charge in [-0.15, -0.1) is 0 Å². The van der Waals surface area contributed by atoms with Gasteiger partial charge in [-0.1, -0.05) is 12.1 Å². The number of fused-ring (bicyclic) bond motifs is 2. The Kier molecular flexibility index (Phi) is 3.74. The van der Waals surface area contributed by atoms with Crippen LogP contribution in [0.15, 0.2) is 46.1 Å². The highest BCUT2D eigenvalue weighted by Gasteiger charge is 2.34. The van der Waals surface area contributed by atoms with E-state index in [0.717, 1.165) is 10.6 Å². The second-order valence-electron chi connectivity index (χ2n) is 6.26. The van der Waals surface area contributed by atoms with Crippen molar-refractivity contribution in [3.05, 3.63) is 91.0 Å². The zero-order valence-corrected chi connectivity index (χ0v) is 14.0. The topological polar surface area (TPSA) is 129 Å². The summed E-state index contributed by atoms with van der Waals surface area (Å²) in [5.41, 5.74) is -2.37. The molecule has 9 heteroatoms. The molecule has 0 aliphatic heterocycles. The minimum atomic E-state index is -1.17. The van der Waals surface area contributed by atoms with Gasteiger partial charge in [-0.3, -0.25) is 23.9 Å². The Morgan fingerprint density at radius 1 is 0.929 bits per heavy atom. The second kappa shape index (κ2) is 6.02. The molecule has 0 unspecified atom stereocenters. The zero-order chi connectivity index (χ0) is 20.2. The second-order valence-corrected chi connectivity index (χ2v) is 6.26. The molecule has 140 valence electrons. The summed E-state index contributed by atoms with van der Waals surface area (Å²) in [5, 5.41) is 20.2. The Labute approximate surface area is 155 Å². The van der Waals surface area contributed by atoms with E-state index in [1.54, 1.807) is 4.98 Å². The predicted molar refractivity (Wildman–Crippen MR) is 93.5 cm³/mol. The lowest BCUT2D eigenvalue weighted by atomic mass is 9.82. The first-order valence-electron chi connectivity index (χ1n) is 8.04. The van der Waals surface area contributed by atoms with Crippen LogP contribution in [-0.4, -0.2) is 31.3 Å². The third kappa shape index (κ3) is 2.52. The van der Waals surface area contributed by atoms with E-state index in [1.807, 2.05) is 0 Å². The lowest BCUT2D eigenvalue weighted by Crippen LogP contribution is -2.31. The molecular weight excluding hydrogens is 371 g/mol. The number of rotatable bonds is 2. The summed E-state index contributed by atoms with van der Waals surface area (Å²) in [4.78, 5) is 50.2. The number of hydrogen-bond donors (Lipinski definition) is 3. The molecule has 3 aromatic rings. The molecule has 1 heterocycles. The molecule has 1 aliphatic carbocycles. The number of hydrogen-bond acceptors (Lipinski definition) is 6. The third-order valence-electron chi connectivity index (χ3n) is 4.48. The smallest absolute Gasteiger partial charge is 0.328 e. The van der Waals surface area contributed by atoms with E-state index in [-0.39, 0.29) is 40.1 Å². The minimum Gasteiger partial charge on any atom is -0.507 e. The molecule has 0 saturated heterocycles. The summed E-state index contributed by atoms with van der Waals surface area (Å²) in [5.74, 6) is -3.35. The summed E-state index contributed by atoms with van der Waals surface area (Å²) in [6, 6.07) is 6.51. The van der Waals surface area contributed by atoms with E-state index in [9.17, 15) is 33.8 Å². The fourth-order valence-corrected chi connectivity index (χ4v) is 3.23. The summed E-state index contributed by atoms with van der Waals surface area (Å²) in [7, 11) is 0. The average molecular weight is 382 g/mol. The van der Waals surface area contributed by atoms with Crippen molar-refractivity contribution in [2.45, 2.75) is 6.54 Å². The van der Waals surface area contributed by atoms with E-state index >= 15 is 0 Å². The van der Waals surface area contributed by atoms with Crippen LogP contribution < -0.4 is 11.2 Å². The molecule has 0 fully saturated rings. The van der Waals surface area contributed by atoms with Crippen molar-refractivity contribution >= 4 is 11.6 Å². The number of carbonyl (C=O) groups excluding carboxylic acids is 2. The lowest BCUT2D eigenvalue weighted by molar-refractivity contribution is 0.0974. The van der Waals surface area contributed by atoms with Crippen molar-refractivity contribution in [2.75, 3.05) is 0 Å². The van der Waals surface area contributed by atoms with Crippen LogP contribution in [0.2, 0.25) is 0 Å². The van der Waals surface area contributed by atoms with Crippen LogP contribution >= 0.6 is 0 Å². The van der Waals surface area contributed by atoms with Crippen LogP contribution in [0.4, 0.5) is 4.39 Å². The third-order valence-corrected chi connectivity index (χ3v) is 4.48. The van der Waals surface area contributed by atoms with Gasteiger partial charge in [0, 0.05) is 11.1 Å². The predicted octanol–water partition coefficient (Wildman–Crippen LogP) is 0.911. The molecule has 8 nitrogen and oxygen atoms in total. The van der Waals surface area contributed by atoms with Crippen LogP contribution in [-0.2, 0) is 6.54 Å².